The maximum Gasteiger partial charge on any atom is 0.295 e. The van der Waals surface area contributed by atoms with E-state index < -0.39 is 17.7 Å². The van der Waals surface area contributed by atoms with E-state index in [9.17, 15) is 14.7 Å². The van der Waals surface area contributed by atoms with Crippen molar-refractivity contribution < 1.29 is 28.9 Å². The molecular formula is C33H36N2O6. The Morgan fingerprint density at radius 3 is 2.39 bits per heavy atom. The fourth-order valence-electron chi connectivity index (χ4n) is 5.29. The largest absolute Gasteiger partial charge is 0.507 e. The molecule has 0 spiro atoms. The van der Waals surface area contributed by atoms with Gasteiger partial charge in [0.05, 0.1) is 31.4 Å². The van der Waals surface area contributed by atoms with Gasteiger partial charge >= 0.3 is 0 Å². The molecule has 2 aliphatic rings. The van der Waals surface area contributed by atoms with Gasteiger partial charge in [0.2, 0.25) is 0 Å². The molecule has 2 saturated heterocycles. The average Bonchev–Trinajstić information content (AvgIpc) is 3.26. The van der Waals surface area contributed by atoms with E-state index >= 15 is 0 Å². The Morgan fingerprint density at radius 2 is 1.66 bits per heavy atom. The molecule has 0 aliphatic carbocycles. The van der Waals surface area contributed by atoms with Gasteiger partial charge in [0.1, 0.15) is 23.9 Å². The number of carbonyl (C=O) groups excluding carboxylic acids is 2. The molecule has 0 bridgehead atoms. The van der Waals surface area contributed by atoms with Gasteiger partial charge < -0.3 is 24.2 Å². The molecule has 2 heterocycles. The van der Waals surface area contributed by atoms with E-state index in [1.165, 1.54) is 0 Å². The molecule has 1 atom stereocenters. The normalized spacial score (nSPS) is 19.0. The maximum atomic E-state index is 13.4. The molecule has 8 heteroatoms. The second kappa shape index (κ2) is 13.5. The lowest BCUT2D eigenvalue weighted by atomic mass is 9.95. The van der Waals surface area contributed by atoms with Gasteiger partial charge in [0.15, 0.2) is 0 Å². The highest BCUT2D eigenvalue weighted by Gasteiger charge is 2.45. The fourth-order valence-corrected chi connectivity index (χ4v) is 5.29. The Balaban J connectivity index is 1.43. The first-order chi connectivity index (χ1) is 20.0. The van der Waals surface area contributed by atoms with Crippen molar-refractivity contribution in [3.05, 3.63) is 101 Å². The predicted molar refractivity (Wildman–Crippen MR) is 156 cm³/mol. The number of ketones is 1. The molecule has 2 fully saturated rings. The molecule has 0 aromatic heterocycles. The van der Waals surface area contributed by atoms with Crippen molar-refractivity contribution in [1.82, 2.24) is 9.80 Å². The van der Waals surface area contributed by atoms with Crippen LogP contribution >= 0.6 is 0 Å². The smallest absolute Gasteiger partial charge is 0.295 e. The van der Waals surface area contributed by atoms with Crippen LogP contribution in [0.4, 0.5) is 0 Å². The highest BCUT2D eigenvalue weighted by Crippen LogP contribution is 2.40. The first-order valence-electron chi connectivity index (χ1n) is 14.1. The van der Waals surface area contributed by atoms with Crippen LogP contribution in [-0.2, 0) is 20.9 Å². The summed E-state index contributed by atoms with van der Waals surface area (Å²) in [6.45, 7) is 7.05. The summed E-state index contributed by atoms with van der Waals surface area (Å²) in [5.41, 5.74) is 2.28. The summed E-state index contributed by atoms with van der Waals surface area (Å²) in [4.78, 5) is 30.7. The molecular weight excluding hydrogens is 520 g/mol. The topological polar surface area (TPSA) is 88.5 Å². The van der Waals surface area contributed by atoms with E-state index in [0.717, 1.165) is 30.8 Å². The van der Waals surface area contributed by atoms with Crippen molar-refractivity contribution in [2.24, 2.45) is 0 Å². The zero-order valence-corrected chi connectivity index (χ0v) is 23.3. The number of amides is 1. The third-order valence-electron chi connectivity index (χ3n) is 7.38. The molecule has 1 N–H and O–H groups in total. The number of aliphatic hydroxyl groups excluding tert-OH is 1. The van der Waals surface area contributed by atoms with Crippen LogP contribution in [-0.4, -0.2) is 72.6 Å². The first kappa shape index (κ1) is 28.4. The number of nitrogens with zero attached hydrogens (tertiary/aromatic N) is 2. The molecule has 0 saturated carbocycles. The van der Waals surface area contributed by atoms with Gasteiger partial charge in [0, 0.05) is 31.7 Å². The van der Waals surface area contributed by atoms with Gasteiger partial charge in [-0.3, -0.25) is 14.5 Å². The van der Waals surface area contributed by atoms with Crippen LogP contribution in [0.5, 0.6) is 11.5 Å². The van der Waals surface area contributed by atoms with Crippen molar-refractivity contribution in [2.45, 2.75) is 26.0 Å². The van der Waals surface area contributed by atoms with Gasteiger partial charge in [-0.05, 0) is 48.7 Å². The molecule has 1 amide bonds. The Bertz CT molecular complexity index is 1370. The number of aliphatic hydroxyl groups is 1. The number of rotatable bonds is 11. The van der Waals surface area contributed by atoms with Gasteiger partial charge in [-0.2, -0.15) is 0 Å². The lowest BCUT2D eigenvalue weighted by Gasteiger charge is -2.29. The fraction of sp³-hybridized carbons (Fsp3) is 0.333. The predicted octanol–water partition coefficient (Wildman–Crippen LogP) is 4.81. The van der Waals surface area contributed by atoms with Crippen LogP contribution in [0, 0.1) is 0 Å². The summed E-state index contributed by atoms with van der Waals surface area (Å²) in [5.74, 6) is -0.261. The van der Waals surface area contributed by atoms with E-state index in [1.54, 1.807) is 29.2 Å². The molecule has 3 aromatic carbocycles. The van der Waals surface area contributed by atoms with Crippen molar-refractivity contribution in [1.29, 1.82) is 0 Å². The molecule has 214 valence electrons. The molecule has 0 radical (unpaired) electrons. The van der Waals surface area contributed by atoms with Gasteiger partial charge in [0.25, 0.3) is 11.7 Å². The number of Topliss-reactive ketones (excluding diaryl/α,β-unsaturated/α-hetero) is 1. The van der Waals surface area contributed by atoms with E-state index in [-0.39, 0.29) is 11.3 Å². The van der Waals surface area contributed by atoms with Crippen molar-refractivity contribution in [2.75, 3.05) is 46.0 Å². The lowest BCUT2D eigenvalue weighted by Crippen LogP contribution is -2.38. The van der Waals surface area contributed by atoms with Crippen LogP contribution in [0.3, 0.4) is 0 Å². The number of ether oxygens (including phenoxy) is 3. The zero-order chi connectivity index (χ0) is 28.6. The Morgan fingerprint density at radius 1 is 0.902 bits per heavy atom. The summed E-state index contributed by atoms with van der Waals surface area (Å²) in [7, 11) is 0. The number of benzene rings is 3. The van der Waals surface area contributed by atoms with E-state index in [4.69, 9.17) is 14.2 Å². The van der Waals surface area contributed by atoms with Crippen LogP contribution in [0.2, 0.25) is 0 Å². The Kier molecular flexibility index (Phi) is 9.33. The number of hydrogen-bond acceptors (Lipinski definition) is 7. The molecule has 5 rings (SSSR count). The summed E-state index contributed by atoms with van der Waals surface area (Å²) in [6.07, 6.45) is 0.696. The van der Waals surface area contributed by atoms with Crippen molar-refractivity contribution in [3.63, 3.8) is 0 Å². The number of morpholine rings is 1. The average molecular weight is 557 g/mol. The SMILES string of the molecule is CCOc1cccc(C(O)=C2C(=O)C(=O)N(CCCN3CCOCC3)C2c2ccc(OCc3ccccc3)cc2)c1. The standard InChI is InChI=1S/C33H36N2O6/c1-2-40-28-11-6-10-26(22-28)31(36)29-30(25-12-14-27(15-13-25)41-23-24-8-4-3-5-9-24)35(33(38)32(29)37)17-7-16-34-18-20-39-21-19-34/h3-6,8-15,22,30,36H,2,7,16-21,23H2,1H3. The Labute approximate surface area is 240 Å². The van der Waals surface area contributed by atoms with Crippen LogP contribution in [0.1, 0.15) is 36.1 Å². The summed E-state index contributed by atoms with van der Waals surface area (Å²) >= 11 is 0. The van der Waals surface area contributed by atoms with E-state index in [1.807, 2.05) is 61.5 Å². The molecule has 8 nitrogen and oxygen atoms in total. The molecule has 3 aromatic rings. The zero-order valence-electron chi connectivity index (χ0n) is 23.3. The second-order valence-electron chi connectivity index (χ2n) is 10.1. The maximum absolute atomic E-state index is 13.4. The highest BCUT2D eigenvalue weighted by molar-refractivity contribution is 6.46. The minimum atomic E-state index is -0.724. The minimum absolute atomic E-state index is 0.0768. The third-order valence-corrected chi connectivity index (χ3v) is 7.38. The summed E-state index contributed by atoms with van der Waals surface area (Å²) in [5, 5.41) is 11.4. The quantitative estimate of drug-likeness (QED) is 0.206. The van der Waals surface area contributed by atoms with Crippen LogP contribution in [0.25, 0.3) is 5.76 Å². The minimum Gasteiger partial charge on any atom is -0.507 e. The van der Waals surface area contributed by atoms with Gasteiger partial charge in [-0.25, -0.2) is 0 Å². The second-order valence-corrected chi connectivity index (χ2v) is 10.1. The first-order valence-corrected chi connectivity index (χ1v) is 14.1. The van der Waals surface area contributed by atoms with E-state index in [2.05, 4.69) is 4.90 Å². The number of hydrogen-bond donors (Lipinski definition) is 1. The van der Waals surface area contributed by atoms with Crippen molar-refractivity contribution in [3.8, 4) is 11.5 Å². The van der Waals surface area contributed by atoms with Crippen LogP contribution in [0.15, 0.2) is 84.4 Å². The number of likely N-dealkylation sites (tertiary alicyclic amines) is 1. The highest BCUT2D eigenvalue weighted by atomic mass is 16.5. The van der Waals surface area contributed by atoms with Crippen LogP contribution < -0.4 is 9.47 Å². The summed E-state index contributed by atoms with van der Waals surface area (Å²) < 4.78 is 17.0. The Hall–Kier alpha value is -4.14. The van der Waals surface area contributed by atoms with E-state index in [0.29, 0.717) is 56.5 Å². The summed E-state index contributed by atoms with van der Waals surface area (Å²) in [6, 6.07) is 23.5. The van der Waals surface area contributed by atoms with Gasteiger partial charge in [-0.15, -0.1) is 0 Å². The van der Waals surface area contributed by atoms with Crippen molar-refractivity contribution >= 4 is 17.4 Å². The molecule has 2 aliphatic heterocycles. The van der Waals surface area contributed by atoms with Gasteiger partial charge in [-0.1, -0.05) is 54.6 Å². The molecule has 41 heavy (non-hydrogen) atoms. The number of carbonyl (C=O) groups is 2. The third kappa shape index (κ3) is 6.78. The lowest BCUT2D eigenvalue weighted by molar-refractivity contribution is -0.140. The monoisotopic (exact) mass is 556 g/mol. The molecule has 1 unspecified atom stereocenters.